The molecular formula is C18H24N4O2S. The summed E-state index contributed by atoms with van der Waals surface area (Å²) in [6, 6.07) is 6.27. The van der Waals surface area contributed by atoms with Crippen LogP contribution in [0.25, 0.3) is 0 Å². The van der Waals surface area contributed by atoms with Crippen molar-refractivity contribution in [1.29, 1.82) is 0 Å². The summed E-state index contributed by atoms with van der Waals surface area (Å²) in [5, 5.41) is 11.5. The van der Waals surface area contributed by atoms with E-state index in [0.717, 1.165) is 24.9 Å². The first-order valence-corrected chi connectivity index (χ1v) is 9.59. The van der Waals surface area contributed by atoms with Gasteiger partial charge in [0.1, 0.15) is 0 Å². The number of fused-ring (bicyclic) bond motifs is 1. The standard InChI is InChI=1S/C18H24N4O2S/c1-4-15(22(2)3)17-20-21-18(24-17)25-11-16(23)19-14-9-8-12-6-5-7-13(12)10-14/h8-10,15H,4-7,11H2,1-3H3,(H,19,23)/t15-/m1/s1. The Kier molecular flexibility index (Phi) is 5.75. The molecule has 1 aliphatic rings. The Morgan fingerprint density at radius 1 is 1.32 bits per heavy atom. The van der Waals surface area contributed by atoms with Crippen LogP contribution in [0.4, 0.5) is 5.69 Å². The SMILES string of the molecule is CC[C@H](c1nnc(SCC(=O)Nc2ccc3c(c2)CCC3)o1)N(C)C. The van der Waals surface area contributed by atoms with Crippen LogP contribution in [0.1, 0.15) is 42.8 Å². The summed E-state index contributed by atoms with van der Waals surface area (Å²) in [5.41, 5.74) is 3.61. The molecule has 0 aliphatic heterocycles. The predicted octanol–water partition coefficient (Wildman–Crippen LogP) is 3.30. The van der Waals surface area contributed by atoms with Gasteiger partial charge in [0.25, 0.3) is 5.22 Å². The van der Waals surface area contributed by atoms with Crippen LogP contribution in [-0.2, 0) is 17.6 Å². The minimum absolute atomic E-state index is 0.0673. The number of rotatable bonds is 7. The van der Waals surface area contributed by atoms with E-state index < -0.39 is 0 Å². The Morgan fingerprint density at radius 3 is 2.88 bits per heavy atom. The van der Waals surface area contributed by atoms with Crippen LogP contribution in [0.2, 0.25) is 0 Å². The van der Waals surface area contributed by atoms with Crippen LogP contribution in [0.5, 0.6) is 0 Å². The molecule has 0 radical (unpaired) electrons. The fourth-order valence-corrected chi connectivity index (χ4v) is 3.72. The molecule has 25 heavy (non-hydrogen) atoms. The molecule has 6 nitrogen and oxygen atoms in total. The molecule has 0 spiro atoms. The van der Waals surface area contributed by atoms with Gasteiger partial charge in [0, 0.05) is 5.69 Å². The average Bonchev–Trinajstić information content (AvgIpc) is 3.22. The molecule has 0 bridgehead atoms. The predicted molar refractivity (Wildman–Crippen MR) is 98.8 cm³/mol. The molecular weight excluding hydrogens is 336 g/mol. The van der Waals surface area contributed by atoms with Crippen molar-refractivity contribution in [2.24, 2.45) is 0 Å². The monoisotopic (exact) mass is 360 g/mol. The van der Waals surface area contributed by atoms with Crippen molar-refractivity contribution in [3.05, 3.63) is 35.2 Å². The van der Waals surface area contributed by atoms with Gasteiger partial charge in [-0.25, -0.2) is 0 Å². The summed E-state index contributed by atoms with van der Waals surface area (Å²) in [6.07, 6.45) is 4.33. The highest BCUT2D eigenvalue weighted by atomic mass is 32.2. The molecule has 1 aromatic heterocycles. The molecule has 1 aliphatic carbocycles. The number of anilines is 1. The highest BCUT2D eigenvalue weighted by Crippen LogP contribution is 2.26. The van der Waals surface area contributed by atoms with Crippen molar-refractivity contribution >= 4 is 23.4 Å². The molecule has 0 fully saturated rings. The van der Waals surface area contributed by atoms with Crippen LogP contribution in [0, 0.1) is 0 Å². The zero-order valence-electron chi connectivity index (χ0n) is 14.9. The molecule has 0 saturated heterocycles. The van der Waals surface area contributed by atoms with E-state index in [2.05, 4.69) is 34.6 Å². The second kappa shape index (κ2) is 8.01. The van der Waals surface area contributed by atoms with Gasteiger partial charge in [-0.2, -0.15) is 0 Å². The van der Waals surface area contributed by atoms with Crippen molar-refractivity contribution in [1.82, 2.24) is 15.1 Å². The summed E-state index contributed by atoms with van der Waals surface area (Å²) < 4.78 is 5.68. The van der Waals surface area contributed by atoms with Gasteiger partial charge in [-0.1, -0.05) is 24.8 Å². The van der Waals surface area contributed by atoms with Crippen molar-refractivity contribution < 1.29 is 9.21 Å². The highest BCUT2D eigenvalue weighted by molar-refractivity contribution is 7.99. The quantitative estimate of drug-likeness (QED) is 0.764. The smallest absolute Gasteiger partial charge is 0.277 e. The molecule has 2 aromatic rings. The van der Waals surface area contributed by atoms with Crippen LogP contribution >= 0.6 is 11.8 Å². The number of aryl methyl sites for hydroxylation is 2. The normalized spacial score (nSPS) is 14.6. The topological polar surface area (TPSA) is 71.3 Å². The Hall–Kier alpha value is -1.86. The molecule has 0 saturated carbocycles. The number of thioether (sulfide) groups is 1. The number of amides is 1. The average molecular weight is 360 g/mol. The zero-order chi connectivity index (χ0) is 17.8. The summed E-state index contributed by atoms with van der Waals surface area (Å²) >= 11 is 1.26. The molecule has 3 rings (SSSR count). The van der Waals surface area contributed by atoms with E-state index in [-0.39, 0.29) is 17.7 Å². The minimum Gasteiger partial charge on any atom is -0.414 e. The van der Waals surface area contributed by atoms with E-state index in [1.54, 1.807) is 0 Å². The van der Waals surface area contributed by atoms with Crippen LogP contribution < -0.4 is 5.32 Å². The van der Waals surface area contributed by atoms with Gasteiger partial charge in [-0.05, 0) is 63.0 Å². The lowest BCUT2D eigenvalue weighted by atomic mass is 10.1. The molecule has 0 unspecified atom stereocenters. The number of carbonyl (C=O) groups excluding carboxylic acids is 1. The molecule has 134 valence electrons. The van der Waals surface area contributed by atoms with Crippen molar-refractivity contribution in [2.45, 2.75) is 43.9 Å². The first-order chi connectivity index (χ1) is 12.1. The summed E-state index contributed by atoms with van der Waals surface area (Å²) in [4.78, 5) is 14.2. The fourth-order valence-electron chi connectivity index (χ4n) is 3.15. The first-order valence-electron chi connectivity index (χ1n) is 8.61. The van der Waals surface area contributed by atoms with Gasteiger partial charge in [0.05, 0.1) is 11.8 Å². The third-order valence-electron chi connectivity index (χ3n) is 4.43. The second-order valence-corrected chi connectivity index (χ2v) is 7.39. The fraction of sp³-hybridized carbons (Fsp3) is 0.500. The second-order valence-electron chi connectivity index (χ2n) is 6.47. The van der Waals surface area contributed by atoms with Crippen LogP contribution in [-0.4, -0.2) is 40.9 Å². The third kappa shape index (κ3) is 4.41. The lowest BCUT2D eigenvalue weighted by Gasteiger charge is -2.18. The first kappa shape index (κ1) is 17.9. The lowest BCUT2D eigenvalue weighted by Crippen LogP contribution is -2.19. The molecule has 1 N–H and O–H groups in total. The van der Waals surface area contributed by atoms with E-state index in [1.165, 1.54) is 29.3 Å². The number of aromatic nitrogens is 2. The maximum absolute atomic E-state index is 12.2. The van der Waals surface area contributed by atoms with Crippen molar-refractivity contribution in [3.8, 4) is 0 Å². The Morgan fingerprint density at radius 2 is 2.12 bits per heavy atom. The number of nitrogens with zero attached hydrogens (tertiary/aromatic N) is 3. The Bertz CT molecular complexity index is 744. The summed E-state index contributed by atoms with van der Waals surface area (Å²) in [7, 11) is 3.96. The van der Waals surface area contributed by atoms with Gasteiger partial charge in [-0.3, -0.25) is 9.69 Å². The van der Waals surface area contributed by atoms with E-state index in [9.17, 15) is 4.79 Å². The maximum Gasteiger partial charge on any atom is 0.277 e. The summed E-state index contributed by atoms with van der Waals surface area (Å²) in [6.45, 7) is 2.08. The number of hydrogen-bond donors (Lipinski definition) is 1. The summed E-state index contributed by atoms with van der Waals surface area (Å²) in [5.74, 6) is 0.772. The van der Waals surface area contributed by atoms with Gasteiger partial charge < -0.3 is 9.73 Å². The molecule has 1 amide bonds. The van der Waals surface area contributed by atoms with E-state index in [0.29, 0.717) is 11.1 Å². The highest BCUT2D eigenvalue weighted by Gasteiger charge is 2.19. The lowest BCUT2D eigenvalue weighted by molar-refractivity contribution is -0.113. The maximum atomic E-state index is 12.2. The number of hydrogen-bond acceptors (Lipinski definition) is 6. The van der Waals surface area contributed by atoms with Crippen molar-refractivity contribution in [3.63, 3.8) is 0 Å². The number of nitrogens with one attached hydrogen (secondary N) is 1. The number of carbonyl (C=O) groups is 1. The largest absolute Gasteiger partial charge is 0.414 e. The Labute approximate surface area is 152 Å². The molecule has 1 heterocycles. The van der Waals surface area contributed by atoms with E-state index >= 15 is 0 Å². The number of benzene rings is 1. The zero-order valence-corrected chi connectivity index (χ0v) is 15.7. The van der Waals surface area contributed by atoms with Crippen LogP contribution in [0.15, 0.2) is 27.8 Å². The van der Waals surface area contributed by atoms with Crippen molar-refractivity contribution in [2.75, 3.05) is 25.2 Å². The van der Waals surface area contributed by atoms with Gasteiger partial charge in [0.2, 0.25) is 11.8 Å². The molecule has 7 heteroatoms. The van der Waals surface area contributed by atoms with Gasteiger partial charge >= 0.3 is 0 Å². The molecule has 1 aromatic carbocycles. The van der Waals surface area contributed by atoms with E-state index in [1.807, 2.05) is 25.1 Å². The Balaban J connectivity index is 1.53. The third-order valence-corrected chi connectivity index (χ3v) is 5.24. The van der Waals surface area contributed by atoms with Crippen LogP contribution in [0.3, 0.4) is 0 Å². The minimum atomic E-state index is -0.0673. The van der Waals surface area contributed by atoms with Gasteiger partial charge in [-0.15, -0.1) is 10.2 Å². The molecule has 1 atom stereocenters. The van der Waals surface area contributed by atoms with E-state index in [4.69, 9.17) is 4.42 Å². The van der Waals surface area contributed by atoms with Gasteiger partial charge in [0.15, 0.2) is 0 Å².